The van der Waals surface area contributed by atoms with E-state index in [9.17, 15) is 9.59 Å². The van der Waals surface area contributed by atoms with Gasteiger partial charge in [-0.2, -0.15) is 0 Å². The molecule has 2 heterocycles. The Morgan fingerprint density at radius 2 is 2.11 bits per heavy atom. The van der Waals surface area contributed by atoms with E-state index in [0.717, 1.165) is 0 Å². The zero-order chi connectivity index (χ0) is 12.5. The molecule has 1 atom stereocenters. The number of hydrogen-bond acceptors (Lipinski definition) is 5. The van der Waals surface area contributed by atoms with E-state index >= 15 is 0 Å². The first-order valence-electron chi connectivity index (χ1n) is 5.36. The maximum atomic E-state index is 11.8. The Morgan fingerprint density at radius 3 is 2.89 bits per heavy atom. The smallest absolute Gasteiger partial charge is 0.407 e. The molecule has 0 bridgehead atoms. The van der Waals surface area contributed by atoms with Crippen molar-refractivity contribution in [3.63, 3.8) is 0 Å². The largest absolute Gasteiger partial charge is 0.454 e. The number of rotatable bonds is 2. The minimum Gasteiger partial charge on any atom is -0.454 e. The number of fused-ring (bicyclic) bond motifs is 1. The number of nitrogens with one attached hydrogen (secondary N) is 2. The predicted molar refractivity (Wildman–Crippen MR) is 59.5 cm³/mol. The maximum Gasteiger partial charge on any atom is 0.407 e. The lowest BCUT2D eigenvalue weighted by molar-refractivity contribution is -0.117. The van der Waals surface area contributed by atoms with E-state index in [1.807, 2.05) is 0 Å². The first-order valence-corrected chi connectivity index (χ1v) is 5.36. The Morgan fingerprint density at radius 1 is 1.28 bits per heavy atom. The fourth-order valence-corrected chi connectivity index (χ4v) is 1.73. The van der Waals surface area contributed by atoms with E-state index in [0.29, 0.717) is 17.2 Å². The predicted octanol–water partition coefficient (Wildman–Crippen LogP) is 0.462. The zero-order valence-electron chi connectivity index (χ0n) is 9.26. The molecule has 1 unspecified atom stereocenters. The van der Waals surface area contributed by atoms with Crippen molar-refractivity contribution in [2.24, 2.45) is 0 Å². The molecule has 1 fully saturated rings. The lowest BCUT2D eigenvalue weighted by Crippen LogP contribution is -2.38. The van der Waals surface area contributed by atoms with Gasteiger partial charge in [0.15, 0.2) is 11.5 Å². The third-order valence-electron chi connectivity index (χ3n) is 2.63. The molecular formula is C11H10N2O5. The van der Waals surface area contributed by atoms with Crippen molar-refractivity contribution in [2.45, 2.75) is 6.04 Å². The molecule has 0 aromatic heterocycles. The summed E-state index contributed by atoms with van der Waals surface area (Å²) in [4.78, 5) is 22.6. The van der Waals surface area contributed by atoms with Crippen molar-refractivity contribution in [1.82, 2.24) is 5.32 Å². The fraction of sp³-hybridized carbons (Fsp3) is 0.273. The summed E-state index contributed by atoms with van der Waals surface area (Å²) in [5, 5.41) is 5.06. The minimum atomic E-state index is -0.664. The standard InChI is InChI=1S/C11H10N2O5/c14-10(7-4-16-11(15)13-7)12-6-1-2-8-9(3-6)18-5-17-8/h1-3,7H,4-5H2,(H,12,14)(H,13,15). The van der Waals surface area contributed by atoms with Crippen LogP contribution in [0.25, 0.3) is 0 Å². The van der Waals surface area contributed by atoms with Gasteiger partial charge >= 0.3 is 6.09 Å². The van der Waals surface area contributed by atoms with Crippen LogP contribution in [0.4, 0.5) is 10.5 Å². The summed E-state index contributed by atoms with van der Waals surface area (Å²) in [6.45, 7) is 0.217. The Kier molecular flexibility index (Phi) is 2.44. The van der Waals surface area contributed by atoms with Crippen LogP contribution in [0, 0.1) is 0 Å². The van der Waals surface area contributed by atoms with Gasteiger partial charge < -0.3 is 24.8 Å². The van der Waals surface area contributed by atoms with Crippen molar-refractivity contribution in [1.29, 1.82) is 0 Å². The summed E-state index contributed by atoms with van der Waals surface area (Å²) in [5.41, 5.74) is 0.574. The van der Waals surface area contributed by atoms with Crippen molar-refractivity contribution in [2.75, 3.05) is 18.7 Å². The van der Waals surface area contributed by atoms with Crippen LogP contribution in [0.5, 0.6) is 11.5 Å². The van der Waals surface area contributed by atoms with E-state index in [4.69, 9.17) is 9.47 Å². The highest BCUT2D eigenvalue weighted by Gasteiger charge is 2.29. The average molecular weight is 250 g/mol. The number of anilines is 1. The van der Waals surface area contributed by atoms with Crippen LogP contribution in [-0.4, -0.2) is 31.4 Å². The molecule has 7 nitrogen and oxygen atoms in total. The maximum absolute atomic E-state index is 11.8. The van der Waals surface area contributed by atoms with Crippen LogP contribution in [0.1, 0.15) is 0 Å². The highest BCUT2D eigenvalue weighted by atomic mass is 16.7. The molecule has 0 aliphatic carbocycles. The molecule has 0 spiro atoms. The van der Waals surface area contributed by atoms with Gasteiger partial charge in [0.25, 0.3) is 5.91 Å². The van der Waals surface area contributed by atoms with Crippen LogP contribution in [-0.2, 0) is 9.53 Å². The summed E-state index contributed by atoms with van der Waals surface area (Å²) in [6, 6.07) is 4.41. The number of ether oxygens (including phenoxy) is 3. The number of carbonyl (C=O) groups is 2. The highest BCUT2D eigenvalue weighted by molar-refractivity contribution is 5.98. The van der Waals surface area contributed by atoms with E-state index in [1.165, 1.54) is 0 Å². The minimum absolute atomic E-state index is 0.0369. The summed E-state index contributed by atoms with van der Waals surface area (Å²) in [6.07, 6.45) is -0.583. The topological polar surface area (TPSA) is 85.9 Å². The Hall–Kier alpha value is -2.44. The van der Waals surface area contributed by atoms with Gasteiger partial charge in [0.1, 0.15) is 12.6 Å². The number of amides is 2. The van der Waals surface area contributed by atoms with Gasteiger partial charge in [0.2, 0.25) is 6.79 Å². The second-order valence-electron chi connectivity index (χ2n) is 3.85. The molecule has 18 heavy (non-hydrogen) atoms. The van der Waals surface area contributed by atoms with E-state index in [1.54, 1.807) is 18.2 Å². The Labute approximate surface area is 102 Å². The van der Waals surface area contributed by atoms with Gasteiger partial charge in [-0.05, 0) is 12.1 Å². The third kappa shape index (κ3) is 1.90. The van der Waals surface area contributed by atoms with E-state index in [-0.39, 0.29) is 19.3 Å². The summed E-state index contributed by atoms with van der Waals surface area (Å²) >= 11 is 0. The first-order chi connectivity index (χ1) is 8.72. The van der Waals surface area contributed by atoms with Crippen LogP contribution in [0.2, 0.25) is 0 Å². The molecule has 94 valence electrons. The molecule has 1 aromatic rings. The number of alkyl carbamates (subject to hydrolysis) is 1. The van der Waals surface area contributed by atoms with Crippen molar-refractivity contribution >= 4 is 17.7 Å². The van der Waals surface area contributed by atoms with Crippen molar-refractivity contribution in [3.8, 4) is 11.5 Å². The Bertz CT molecular complexity index is 516. The third-order valence-corrected chi connectivity index (χ3v) is 2.63. The average Bonchev–Trinajstić information content (AvgIpc) is 2.96. The van der Waals surface area contributed by atoms with Gasteiger partial charge in [0, 0.05) is 11.8 Å². The van der Waals surface area contributed by atoms with Crippen LogP contribution >= 0.6 is 0 Å². The molecule has 0 radical (unpaired) electrons. The van der Waals surface area contributed by atoms with Gasteiger partial charge in [-0.15, -0.1) is 0 Å². The number of cyclic esters (lactones) is 1. The first kappa shape index (κ1) is 10.7. The quantitative estimate of drug-likeness (QED) is 0.796. The van der Waals surface area contributed by atoms with Crippen molar-refractivity contribution < 1.29 is 23.8 Å². The molecule has 0 saturated carbocycles. The molecule has 2 aliphatic rings. The molecular weight excluding hydrogens is 240 g/mol. The van der Waals surface area contributed by atoms with Gasteiger partial charge in [-0.1, -0.05) is 0 Å². The van der Waals surface area contributed by atoms with E-state index in [2.05, 4.69) is 15.4 Å². The van der Waals surface area contributed by atoms with Gasteiger partial charge in [-0.3, -0.25) is 4.79 Å². The molecule has 3 rings (SSSR count). The van der Waals surface area contributed by atoms with Crippen molar-refractivity contribution in [3.05, 3.63) is 18.2 Å². The second-order valence-corrected chi connectivity index (χ2v) is 3.85. The monoisotopic (exact) mass is 250 g/mol. The molecule has 2 N–H and O–H groups in total. The number of benzene rings is 1. The summed E-state index contributed by atoms with van der Waals surface area (Å²) in [7, 11) is 0. The summed E-state index contributed by atoms with van der Waals surface area (Å²) in [5.74, 6) is 0.893. The molecule has 2 amide bonds. The van der Waals surface area contributed by atoms with Gasteiger partial charge in [0.05, 0.1) is 0 Å². The lowest BCUT2D eigenvalue weighted by atomic mass is 10.2. The molecule has 1 saturated heterocycles. The second kappa shape index (κ2) is 4.10. The fourth-order valence-electron chi connectivity index (χ4n) is 1.73. The van der Waals surface area contributed by atoms with Crippen LogP contribution in [0.15, 0.2) is 18.2 Å². The summed E-state index contributed by atoms with van der Waals surface area (Å²) < 4.78 is 15.0. The SMILES string of the molecule is O=C1NC(C(=O)Nc2ccc3c(c2)OCO3)CO1. The molecule has 7 heteroatoms. The normalized spacial score (nSPS) is 20.2. The Balaban J connectivity index is 1.69. The van der Waals surface area contributed by atoms with E-state index < -0.39 is 12.1 Å². The van der Waals surface area contributed by atoms with Crippen LogP contribution < -0.4 is 20.1 Å². The molecule has 2 aliphatic heterocycles. The molecule has 1 aromatic carbocycles. The zero-order valence-corrected chi connectivity index (χ0v) is 9.26. The number of carbonyl (C=O) groups excluding carboxylic acids is 2. The van der Waals surface area contributed by atoms with Crippen LogP contribution in [0.3, 0.4) is 0 Å². The lowest BCUT2D eigenvalue weighted by Gasteiger charge is -2.09. The van der Waals surface area contributed by atoms with Gasteiger partial charge in [-0.25, -0.2) is 4.79 Å². The highest BCUT2D eigenvalue weighted by Crippen LogP contribution is 2.34. The number of hydrogen-bond donors (Lipinski definition) is 2.